The molecule has 1 fully saturated rings. The quantitative estimate of drug-likeness (QED) is 0.468. The molecule has 1 saturated heterocycles. The molecule has 4 aromatic heterocycles. The first kappa shape index (κ1) is 20.7. The number of carbonyl (C=O) groups is 1. The van der Waals surface area contributed by atoms with Crippen molar-refractivity contribution in [2.45, 2.75) is 25.3 Å². The average Bonchev–Trinajstić information content (AvgIpc) is 3.54. The first-order valence-electron chi connectivity index (χ1n) is 10.6. The summed E-state index contributed by atoms with van der Waals surface area (Å²) in [7, 11) is 3.54. The number of hydrogen-bond acceptors (Lipinski definition) is 7. The minimum atomic E-state index is -0.0840. The third-order valence-corrected chi connectivity index (χ3v) is 6.52. The molecule has 0 saturated carbocycles. The summed E-state index contributed by atoms with van der Waals surface area (Å²) in [5.41, 5.74) is 3.43. The van der Waals surface area contributed by atoms with Crippen LogP contribution in [0.15, 0.2) is 36.1 Å². The van der Waals surface area contributed by atoms with Crippen LogP contribution in [0.2, 0.25) is 0 Å². The second kappa shape index (κ2) is 8.71. The second-order valence-corrected chi connectivity index (χ2v) is 8.86. The van der Waals surface area contributed by atoms with Gasteiger partial charge in [0.25, 0.3) is 5.91 Å². The van der Waals surface area contributed by atoms with Crippen molar-refractivity contribution < 1.29 is 9.53 Å². The van der Waals surface area contributed by atoms with Gasteiger partial charge in [-0.15, -0.1) is 11.3 Å². The molecule has 0 atom stereocenters. The van der Waals surface area contributed by atoms with Crippen LogP contribution in [0, 0.1) is 0 Å². The Morgan fingerprint density at radius 2 is 2.16 bits per heavy atom. The molecule has 2 N–H and O–H groups in total. The monoisotopic (exact) mass is 451 g/mol. The zero-order chi connectivity index (χ0) is 22.1. The lowest BCUT2D eigenvalue weighted by Gasteiger charge is -2.24. The predicted octanol–water partition coefficient (Wildman–Crippen LogP) is 2.76. The molecule has 5 rings (SSSR count). The van der Waals surface area contributed by atoms with Crippen LogP contribution in [-0.2, 0) is 18.2 Å². The van der Waals surface area contributed by atoms with Crippen LogP contribution in [0.5, 0.6) is 0 Å². The van der Waals surface area contributed by atoms with Crippen molar-refractivity contribution in [1.29, 1.82) is 0 Å². The van der Waals surface area contributed by atoms with Crippen LogP contribution in [0.4, 0.5) is 5.82 Å². The molecule has 166 valence electrons. The van der Waals surface area contributed by atoms with Crippen LogP contribution in [0.25, 0.3) is 16.7 Å². The molecular formula is C22H25N7O2S. The molecule has 5 heterocycles. The molecule has 0 bridgehead atoms. The number of carbonyl (C=O) groups excluding carboxylic acids is 1. The minimum absolute atomic E-state index is 0.0840. The summed E-state index contributed by atoms with van der Waals surface area (Å²) < 4.78 is 9.37. The number of anilines is 1. The number of thiophene rings is 1. The third kappa shape index (κ3) is 4.11. The zero-order valence-corrected chi connectivity index (χ0v) is 18.9. The average molecular weight is 452 g/mol. The van der Waals surface area contributed by atoms with Crippen LogP contribution in [-0.4, -0.2) is 56.5 Å². The van der Waals surface area contributed by atoms with Crippen LogP contribution in [0.3, 0.4) is 0 Å². The highest BCUT2D eigenvalue weighted by atomic mass is 32.1. The van der Waals surface area contributed by atoms with E-state index in [2.05, 4.69) is 20.3 Å². The largest absolute Gasteiger partial charge is 0.381 e. The number of rotatable bonds is 6. The molecule has 1 aliphatic heterocycles. The SMILES string of the molecule is CNC(=O)c1csc(Cc2nc(NC3CCOCC3)c3c(ccn3-c3cnn(C)c3)n2)c1. The Balaban J connectivity index is 1.53. The van der Waals surface area contributed by atoms with Crippen molar-refractivity contribution >= 4 is 34.1 Å². The summed E-state index contributed by atoms with van der Waals surface area (Å²) in [4.78, 5) is 22.7. The van der Waals surface area contributed by atoms with Crippen molar-refractivity contribution in [3.05, 3.63) is 52.4 Å². The fourth-order valence-electron chi connectivity index (χ4n) is 3.95. The van der Waals surface area contributed by atoms with Gasteiger partial charge in [-0.3, -0.25) is 9.48 Å². The van der Waals surface area contributed by atoms with Gasteiger partial charge in [-0.05, 0) is 25.0 Å². The number of amides is 1. The van der Waals surface area contributed by atoms with E-state index in [1.54, 1.807) is 23.1 Å². The molecule has 1 aliphatic rings. The molecule has 9 nitrogen and oxygen atoms in total. The molecule has 4 aromatic rings. The van der Waals surface area contributed by atoms with Crippen molar-refractivity contribution in [3.63, 3.8) is 0 Å². The molecule has 10 heteroatoms. The first-order valence-corrected chi connectivity index (χ1v) is 11.5. The molecule has 0 spiro atoms. The van der Waals surface area contributed by atoms with E-state index in [0.29, 0.717) is 18.0 Å². The van der Waals surface area contributed by atoms with Gasteiger partial charge < -0.3 is 19.9 Å². The maximum atomic E-state index is 11.9. The number of ether oxygens (including phenoxy) is 1. The summed E-state index contributed by atoms with van der Waals surface area (Å²) in [5.74, 6) is 1.45. The maximum absolute atomic E-state index is 11.9. The Kier molecular flexibility index (Phi) is 5.62. The molecule has 0 radical (unpaired) electrons. The molecule has 0 aromatic carbocycles. The number of aromatic nitrogens is 5. The van der Waals surface area contributed by atoms with E-state index in [-0.39, 0.29) is 5.91 Å². The summed E-state index contributed by atoms with van der Waals surface area (Å²) in [6, 6.07) is 4.21. The number of nitrogens with one attached hydrogen (secondary N) is 2. The van der Waals surface area contributed by atoms with Gasteiger partial charge in [0.1, 0.15) is 11.3 Å². The van der Waals surface area contributed by atoms with Crippen molar-refractivity contribution in [2.75, 3.05) is 25.6 Å². The van der Waals surface area contributed by atoms with E-state index in [0.717, 1.165) is 59.3 Å². The van der Waals surface area contributed by atoms with E-state index in [4.69, 9.17) is 14.7 Å². The summed E-state index contributed by atoms with van der Waals surface area (Å²) in [6.07, 6.45) is 8.25. The van der Waals surface area contributed by atoms with E-state index in [9.17, 15) is 4.79 Å². The lowest BCUT2D eigenvalue weighted by atomic mass is 10.1. The fourth-order valence-corrected chi connectivity index (χ4v) is 4.81. The number of aryl methyl sites for hydroxylation is 1. The van der Waals surface area contributed by atoms with Gasteiger partial charge in [-0.25, -0.2) is 9.97 Å². The molecule has 1 amide bonds. The van der Waals surface area contributed by atoms with E-state index >= 15 is 0 Å². The van der Waals surface area contributed by atoms with Crippen LogP contribution >= 0.6 is 11.3 Å². The highest BCUT2D eigenvalue weighted by molar-refractivity contribution is 7.10. The predicted molar refractivity (Wildman–Crippen MR) is 124 cm³/mol. The van der Waals surface area contributed by atoms with Crippen molar-refractivity contribution in [3.8, 4) is 5.69 Å². The standard InChI is InChI=1S/C22H25N7O2S/c1-23-22(30)14-9-17(32-13-14)10-19-26-18-3-6-29(16-11-24-28(2)12-16)20(18)21(27-19)25-15-4-7-31-8-5-15/h3,6,9,11-13,15H,4-5,7-8,10H2,1-2H3,(H,23,30)(H,25,26,27). The first-order chi connectivity index (χ1) is 15.6. The van der Waals surface area contributed by atoms with Gasteiger partial charge in [0.05, 0.1) is 23.0 Å². The summed E-state index contributed by atoms with van der Waals surface area (Å²) in [5, 5.41) is 12.5. The summed E-state index contributed by atoms with van der Waals surface area (Å²) >= 11 is 1.55. The van der Waals surface area contributed by atoms with Crippen molar-refractivity contribution in [2.24, 2.45) is 7.05 Å². The zero-order valence-electron chi connectivity index (χ0n) is 18.0. The smallest absolute Gasteiger partial charge is 0.251 e. The Bertz CT molecular complexity index is 1250. The van der Waals surface area contributed by atoms with Gasteiger partial charge >= 0.3 is 0 Å². The highest BCUT2D eigenvalue weighted by Gasteiger charge is 2.20. The molecule has 0 unspecified atom stereocenters. The van der Waals surface area contributed by atoms with Gasteiger partial charge in [-0.1, -0.05) is 0 Å². The summed E-state index contributed by atoms with van der Waals surface area (Å²) in [6.45, 7) is 1.50. The number of fused-ring (bicyclic) bond motifs is 1. The Morgan fingerprint density at radius 3 is 2.91 bits per heavy atom. The number of nitrogens with zero attached hydrogens (tertiary/aromatic N) is 5. The van der Waals surface area contributed by atoms with Gasteiger partial charge in [-0.2, -0.15) is 5.10 Å². The Labute approximate surface area is 189 Å². The van der Waals surface area contributed by atoms with E-state index in [1.807, 2.05) is 43.2 Å². The highest BCUT2D eigenvalue weighted by Crippen LogP contribution is 2.28. The minimum Gasteiger partial charge on any atom is -0.381 e. The second-order valence-electron chi connectivity index (χ2n) is 7.87. The topological polar surface area (TPSA) is 98.9 Å². The molecular weight excluding hydrogens is 426 g/mol. The number of hydrogen-bond donors (Lipinski definition) is 2. The van der Waals surface area contributed by atoms with E-state index in [1.165, 1.54) is 0 Å². The lowest BCUT2D eigenvalue weighted by Crippen LogP contribution is -2.28. The van der Waals surface area contributed by atoms with Gasteiger partial charge in [0.15, 0.2) is 5.82 Å². The van der Waals surface area contributed by atoms with Crippen LogP contribution in [0.1, 0.15) is 33.9 Å². The maximum Gasteiger partial charge on any atom is 0.251 e. The fraction of sp³-hybridized carbons (Fsp3) is 0.364. The van der Waals surface area contributed by atoms with Gasteiger partial charge in [0, 0.05) is 62.4 Å². The third-order valence-electron chi connectivity index (χ3n) is 5.59. The Morgan fingerprint density at radius 1 is 1.31 bits per heavy atom. The van der Waals surface area contributed by atoms with E-state index < -0.39 is 0 Å². The molecule has 32 heavy (non-hydrogen) atoms. The normalized spacial score (nSPS) is 14.7. The van der Waals surface area contributed by atoms with Gasteiger partial charge in [0.2, 0.25) is 0 Å². The van der Waals surface area contributed by atoms with Crippen molar-refractivity contribution in [1.82, 2.24) is 29.6 Å². The lowest BCUT2D eigenvalue weighted by molar-refractivity contribution is 0.0904. The Hall–Kier alpha value is -3.24. The molecule has 0 aliphatic carbocycles. The van der Waals surface area contributed by atoms with Crippen LogP contribution < -0.4 is 10.6 Å².